The van der Waals surface area contributed by atoms with E-state index in [1.54, 1.807) is 42.5 Å². The number of carboxylic acid groups (broad SMARTS) is 1. The van der Waals surface area contributed by atoms with E-state index >= 15 is 0 Å². The number of benzene rings is 3. The van der Waals surface area contributed by atoms with Crippen LogP contribution in [0.5, 0.6) is 5.75 Å². The first kappa shape index (κ1) is 29.6. The minimum Gasteiger partial charge on any atom is -0.484 e. The summed E-state index contributed by atoms with van der Waals surface area (Å²) < 4.78 is 5.61. The Kier molecular flexibility index (Phi) is 9.24. The summed E-state index contributed by atoms with van der Waals surface area (Å²) in [6.07, 6.45) is 1.64. The number of hydrogen-bond acceptors (Lipinski definition) is 6. The van der Waals surface area contributed by atoms with Crippen LogP contribution in [-0.2, 0) is 14.4 Å². The number of amides is 3. The highest BCUT2D eigenvalue weighted by atomic mass is 16.5. The normalized spacial score (nSPS) is 15.4. The van der Waals surface area contributed by atoms with Gasteiger partial charge < -0.3 is 30.3 Å². The van der Waals surface area contributed by atoms with E-state index in [0.29, 0.717) is 43.2 Å². The van der Waals surface area contributed by atoms with Gasteiger partial charge in [-0.05, 0) is 55.7 Å². The molecule has 3 aromatic carbocycles. The Morgan fingerprint density at radius 3 is 2.28 bits per heavy atom. The predicted octanol–water partition coefficient (Wildman–Crippen LogP) is 4.02. The van der Waals surface area contributed by atoms with Crippen LogP contribution in [0.2, 0.25) is 0 Å². The number of nitrogens with one attached hydrogen (secondary N) is 2. The fraction of sp³-hybridized carbons (Fsp3) is 0.333. The number of rotatable bonds is 11. The maximum Gasteiger partial charge on any atom is 0.305 e. The van der Waals surface area contributed by atoms with E-state index in [9.17, 15) is 24.3 Å². The number of anilines is 2. The van der Waals surface area contributed by atoms with Crippen LogP contribution in [0.1, 0.15) is 46.8 Å². The van der Waals surface area contributed by atoms with E-state index in [2.05, 4.69) is 15.5 Å². The van der Waals surface area contributed by atoms with Crippen LogP contribution in [0.4, 0.5) is 11.4 Å². The minimum absolute atomic E-state index is 0.161. The molecule has 3 aromatic rings. The molecule has 1 unspecified atom stereocenters. The number of hydrogen-bond donors (Lipinski definition) is 3. The van der Waals surface area contributed by atoms with E-state index in [4.69, 9.17) is 4.74 Å². The first-order chi connectivity index (χ1) is 20.8. The quantitative estimate of drug-likeness (QED) is 0.311. The third kappa shape index (κ3) is 7.91. The Bertz CT molecular complexity index is 1460. The molecule has 5 rings (SSSR count). The van der Waals surface area contributed by atoms with Crippen molar-refractivity contribution < 1.29 is 29.0 Å². The highest BCUT2D eigenvalue weighted by Crippen LogP contribution is 2.33. The van der Waals surface area contributed by atoms with Crippen molar-refractivity contribution in [1.82, 2.24) is 10.2 Å². The van der Waals surface area contributed by atoms with E-state index < -0.39 is 23.8 Å². The third-order valence-electron chi connectivity index (χ3n) is 7.67. The zero-order valence-electron chi connectivity index (χ0n) is 24.1. The fourth-order valence-corrected chi connectivity index (χ4v) is 5.13. The van der Waals surface area contributed by atoms with Crippen LogP contribution in [0, 0.1) is 12.8 Å². The number of ether oxygens (including phenoxy) is 1. The van der Waals surface area contributed by atoms with Gasteiger partial charge in [0.15, 0.2) is 6.61 Å². The molecule has 0 spiro atoms. The van der Waals surface area contributed by atoms with Gasteiger partial charge >= 0.3 is 5.97 Å². The molecule has 1 aliphatic heterocycles. The Morgan fingerprint density at radius 1 is 0.930 bits per heavy atom. The average molecular weight is 585 g/mol. The van der Waals surface area contributed by atoms with Gasteiger partial charge in [0.05, 0.1) is 23.8 Å². The van der Waals surface area contributed by atoms with Crippen LogP contribution < -0.4 is 20.3 Å². The van der Waals surface area contributed by atoms with Gasteiger partial charge in [0, 0.05) is 37.7 Å². The molecule has 10 heteroatoms. The van der Waals surface area contributed by atoms with Crippen molar-refractivity contribution in [2.45, 2.75) is 32.2 Å². The lowest BCUT2D eigenvalue weighted by Crippen LogP contribution is -2.49. The van der Waals surface area contributed by atoms with Gasteiger partial charge in [-0.15, -0.1) is 0 Å². The van der Waals surface area contributed by atoms with Crippen molar-refractivity contribution in [3.63, 3.8) is 0 Å². The van der Waals surface area contributed by atoms with E-state index in [1.807, 2.05) is 42.2 Å². The Hall–Kier alpha value is -4.86. The summed E-state index contributed by atoms with van der Waals surface area (Å²) in [6, 6.07) is 20.6. The first-order valence-electron chi connectivity index (χ1n) is 14.5. The highest BCUT2D eigenvalue weighted by molar-refractivity contribution is 6.00. The maximum absolute atomic E-state index is 13.4. The van der Waals surface area contributed by atoms with Crippen LogP contribution in [0.3, 0.4) is 0 Å². The molecule has 3 amide bonds. The second-order valence-corrected chi connectivity index (χ2v) is 11.0. The summed E-state index contributed by atoms with van der Waals surface area (Å²) in [4.78, 5) is 54.5. The van der Waals surface area contributed by atoms with Crippen LogP contribution in [0.15, 0.2) is 72.8 Å². The smallest absolute Gasteiger partial charge is 0.305 e. The molecule has 2 aliphatic rings. The molecule has 224 valence electrons. The average Bonchev–Trinajstić information content (AvgIpc) is 3.86. The summed E-state index contributed by atoms with van der Waals surface area (Å²) in [6.45, 7) is 4.04. The monoisotopic (exact) mass is 584 g/mol. The number of nitrogens with zero attached hydrogens (tertiary/aromatic N) is 2. The lowest BCUT2D eigenvalue weighted by Gasteiger charge is -2.37. The molecule has 1 saturated heterocycles. The largest absolute Gasteiger partial charge is 0.484 e. The summed E-state index contributed by atoms with van der Waals surface area (Å²) >= 11 is 0. The van der Waals surface area contributed by atoms with E-state index in [1.165, 1.54) is 0 Å². The lowest BCUT2D eigenvalue weighted by atomic mass is 10.0. The van der Waals surface area contributed by atoms with Crippen LogP contribution >= 0.6 is 0 Å². The molecule has 1 heterocycles. The van der Waals surface area contributed by atoms with Crippen LogP contribution in [0.25, 0.3) is 0 Å². The van der Waals surface area contributed by atoms with Crippen LogP contribution in [-0.4, -0.2) is 66.5 Å². The number of carboxylic acids is 1. The first-order valence-corrected chi connectivity index (χ1v) is 14.5. The van der Waals surface area contributed by atoms with Crippen molar-refractivity contribution in [2.24, 2.45) is 5.92 Å². The number of piperazine rings is 1. The molecule has 10 nitrogen and oxygen atoms in total. The second kappa shape index (κ2) is 13.4. The van der Waals surface area contributed by atoms with E-state index in [-0.39, 0.29) is 30.4 Å². The molecule has 1 atom stereocenters. The maximum atomic E-state index is 13.4. The fourth-order valence-electron chi connectivity index (χ4n) is 5.13. The molecule has 3 N–H and O–H groups in total. The van der Waals surface area contributed by atoms with Crippen molar-refractivity contribution in [3.05, 3.63) is 89.5 Å². The number of aliphatic carboxylic acids is 1. The molecular formula is C33H36N4O6. The number of para-hydroxylation sites is 1. The molecule has 43 heavy (non-hydrogen) atoms. The van der Waals surface area contributed by atoms with Gasteiger partial charge in [0.2, 0.25) is 5.91 Å². The zero-order valence-corrected chi connectivity index (χ0v) is 24.1. The third-order valence-corrected chi connectivity index (χ3v) is 7.67. The molecule has 0 aromatic heterocycles. The predicted molar refractivity (Wildman–Crippen MR) is 162 cm³/mol. The topological polar surface area (TPSA) is 128 Å². The van der Waals surface area contributed by atoms with Crippen molar-refractivity contribution in [3.8, 4) is 5.75 Å². The van der Waals surface area contributed by atoms with Crippen molar-refractivity contribution in [1.29, 1.82) is 0 Å². The van der Waals surface area contributed by atoms with Gasteiger partial charge in [-0.2, -0.15) is 0 Å². The number of carbonyl (C=O) groups excluding carboxylic acids is 3. The standard InChI is InChI=1S/C33H36N4O6/c1-22-7-9-23(10-8-22)27(20-31(39)40)35-32(41)25-13-14-29(36-15-17-37(18-16-36)33(42)24-11-12-24)28(19-25)34-30(38)21-43-26-5-3-2-4-6-26/h2-10,13-14,19,24,27H,11-12,15-18,20-21H2,1H3,(H,34,38)(H,35,41)(H,39,40). The Balaban J connectivity index is 1.34. The molecule has 1 aliphatic carbocycles. The van der Waals surface area contributed by atoms with Gasteiger partial charge in [-0.3, -0.25) is 19.2 Å². The van der Waals surface area contributed by atoms with Gasteiger partial charge in [0.25, 0.3) is 11.8 Å². The van der Waals surface area contributed by atoms with Crippen molar-refractivity contribution >= 4 is 35.1 Å². The highest BCUT2D eigenvalue weighted by Gasteiger charge is 2.35. The molecule has 0 bridgehead atoms. The second-order valence-electron chi connectivity index (χ2n) is 11.0. The summed E-state index contributed by atoms with van der Waals surface area (Å²) in [5.74, 6) is -0.964. The Labute approximate surface area is 250 Å². The minimum atomic E-state index is -1.04. The molecule has 2 fully saturated rings. The van der Waals surface area contributed by atoms with E-state index in [0.717, 1.165) is 24.1 Å². The molecule has 0 radical (unpaired) electrons. The number of aryl methyl sites for hydroxylation is 1. The zero-order chi connectivity index (χ0) is 30.3. The summed E-state index contributed by atoms with van der Waals surface area (Å²) in [5.41, 5.74) is 3.13. The lowest BCUT2D eigenvalue weighted by molar-refractivity contribution is -0.137. The van der Waals surface area contributed by atoms with Gasteiger partial charge in [0.1, 0.15) is 5.75 Å². The summed E-state index contributed by atoms with van der Waals surface area (Å²) in [5, 5.41) is 15.2. The molecular weight excluding hydrogens is 548 g/mol. The Morgan fingerprint density at radius 2 is 1.63 bits per heavy atom. The van der Waals surface area contributed by atoms with Gasteiger partial charge in [-0.25, -0.2) is 0 Å². The van der Waals surface area contributed by atoms with Crippen molar-refractivity contribution in [2.75, 3.05) is 43.0 Å². The molecule has 1 saturated carbocycles. The van der Waals surface area contributed by atoms with Gasteiger partial charge in [-0.1, -0.05) is 48.0 Å². The SMILES string of the molecule is Cc1ccc(C(CC(=O)O)NC(=O)c2ccc(N3CCN(C(=O)C4CC4)CC3)c(NC(=O)COc3ccccc3)c2)cc1. The summed E-state index contributed by atoms with van der Waals surface area (Å²) in [7, 11) is 0. The number of carbonyl (C=O) groups is 4.